The maximum atomic E-state index is 12.6. The number of carbonyl (C=O) groups excluding carboxylic acids is 1. The van der Waals surface area contributed by atoms with E-state index in [2.05, 4.69) is 42.2 Å². The molecule has 0 bridgehead atoms. The molecule has 2 N–H and O–H groups in total. The van der Waals surface area contributed by atoms with Gasteiger partial charge in [0.05, 0.1) is 6.54 Å². The summed E-state index contributed by atoms with van der Waals surface area (Å²) in [7, 11) is 0. The van der Waals surface area contributed by atoms with Gasteiger partial charge in [-0.05, 0) is 12.8 Å². The Hall–Kier alpha value is -0.900. The van der Waals surface area contributed by atoms with Crippen LogP contribution in [0.5, 0.6) is 0 Å². The standard InChI is InChI=1S/C46H91N3O/c1-4-6-8-10-12-14-16-18-20-22-23-24-25-26-28-30-32-34-36-38-40-45-47-42-43-49(45)44(3)48-46(50)41-39-37-35-33-31-29-27-21-19-17-15-13-11-9-7-5-2/h43-45,47H,4-42H2,1-3H3/p+1. The summed E-state index contributed by atoms with van der Waals surface area (Å²) < 4.78 is 2.36. The van der Waals surface area contributed by atoms with E-state index in [0.717, 1.165) is 13.0 Å². The SMILES string of the molecule is CCCCCCCCCCCCCCCCCCCCCCC1NCC=[N+]1C(C)NC(=O)CCCCCCCCCCCCCCCCCC. The summed E-state index contributed by atoms with van der Waals surface area (Å²) in [6.07, 6.45) is 55.0. The first kappa shape index (κ1) is 47.1. The third-order valence-corrected chi connectivity index (χ3v) is 11.4. The minimum absolute atomic E-state index is 0.0775. The van der Waals surface area contributed by atoms with Crippen molar-refractivity contribution >= 4 is 12.1 Å². The molecule has 2 unspecified atom stereocenters. The Balaban J connectivity index is 1.87. The molecule has 1 aliphatic heterocycles. The van der Waals surface area contributed by atoms with Gasteiger partial charge in [0, 0.05) is 19.8 Å². The van der Waals surface area contributed by atoms with Gasteiger partial charge in [-0.3, -0.25) is 10.1 Å². The van der Waals surface area contributed by atoms with Crippen molar-refractivity contribution in [2.24, 2.45) is 0 Å². The smallest absolute Gasteiger partial charge is 0.226 e. The highest BCUT2D eigenvalue weighted by Crippen LogP contribution is 2.17. The molecule has 4 heteroatoms. The number of carbonyl (C=O) groups is 1. The maximum Gasteiger partial charge on any atom is 0.226 e. The van der Waals surface area contributed by atoms with Crippen molar-refractivity contribution in [3.05, 3.63) is 0 Å². The highest BCUT2D eigenvalue weighted by molar-refractivity contribution is 5.76. The van der Waals surface area contributed by atoms with Crippen LogP contribution < -0.4 is 10.6 Å². The number of unbranched alkanes of at least 4 members (excludes halogenated alkanes) is 34. The summed E-state index contributed by atoms with van der Waals surface area (Å²) in [6, 6.07) is 0. The Bertz CT molecular complexity index is 737. The average Bonchev–Trinajstić information content (AvgIpc) is 3.59. The molecule has 0 aromatic heterocycles. The molecule has 0 saturated carbocycles. The molecule has 50 heavy (non-hydrogen) atoms. The monoisotopic (exact) mass is 703 g/mol. The number of hydrogen-bond acceptors (Lipinski definition) is 2. The van der Waals surface area contributed by atoms with Crippen LogP contribution in [0.1, 0.15) is 265 Å². The number of nitrogens with one attached hydrogen (secondary N) is 2. The third-order valence-electron chi connectivity index (χ3n) is 11.4. The Morgan fingerprint density at radius 3 is 1.16 bits per heavy atom. The van der Waals surface area contributed by atoms with E-state index < -0.39 is 0 Å². The zero-order valence-corrected chi connectivity index (χ0v) is 34.7. The Labute approximate surface area is 315 Å². The van der Waals surface area contributed by atoms with Crippen LogP contribution in [0.4, 0.5) is 0 Å². The van der Waals surface area contributed by atoms with Crippen molar-refractivity contribution in [2.45, 2.75) is 277 Å². The highest BCUT2D eigenvalue weighted by Gasteiger charge is 2.30. The third kappa shape index (κ3) is 30.7. The Morgan fingerprint density at radius 1 is 0.520 bits per heavy atom. The summed E-state index contributed by atoms with van der Waals surface area (Å²) in [5.74, 6) is 0.223. The molecule has 1 amide bonds. The zero-order chi connectivity index (χ0) is 36.0. The van der Waals surface area contributed by atoms with Crippen LogP contribution >= 0.6 is 0 Å². The quantitative estimate of drug-likeness (QED) is 0.0493. The fourth-order valence-corrected chi connectivity index (χ4v) is 8.01. The first-order valence-electron chi connectivity index (χ1n) is 23.3. The molecule has 0 radical (unpaired) electrons. The molecule has 0 aliphatic carbocycles. The summed E-state index contributed by atoms with van der Waals surface area (Å²) >= 11 is 0. The summed E-state index contributed by atoms with van der Waals surface area (Å²) in [5.41, 5.74) is 0. The van der Waals surface area contributed by atoms with Gasteiger partial charge in [-0.2, -0.15) is 0 Å². The van der Waals surface area contributed by atoms with E-state index in [1.807, 2.05) is 0 Å². The predicted molar refractivity (Wildman–Crippen MR) is 223 cm³/mol. The second-order valence-electron chi connectivity index (χ2n) is 16.4. The van der Waals surface area contributed by atoms with Crippen LogP contribution in [0.3, 0.4) is 0 Å². The average molecular weight is 703 g/mol. The first-order valence-corrected chi connectivity index (χ1v) is 23.3. The van der Waals surface area contributed by atoms with Crippen LogP contribution in [0.25, 0.3) is 0 Å². The lowest BCUT2D eigenvalue weighted by molar-refractivity contribution is -0.595. The lowest BCUT2D eigenvalue weighted by Crippen LogP contribution is -2.46. The molecular weight excluding hydrogens is 611 g/mol. The minimum Gasteiger partial charge on any atom is -0.299 e. The van der Waals surface area contributed by atoms with E-state index in [9.17, 15) is 4.79 Å². The lowest BCUT2D eigenvalue weighted by Gasteiger charge is -2.17. The molecular formula is C46H92N3O+. The van der Waals surface area contributed by atoms with E-state index >= 15 is 0 Å². The predicted octanol–water partition coefficient (Wildman–Crippen LogP) is 14.3. The van der Waals surface area contributed by atoms with Gasteiger partial charge in [0.2, 0.25) is 18.2 Å². The van der Waals surface area contributed by atoms with Gasteiger partial charge in [-0.15, -0.1) is 0 Å². The number of hydrogen-bond donors (Lipinski definition) is 2. The topological polar surface area (TPSA) is 44.1 Å². The van der Waals surface area contributed by atoms with E-state index in [4.69, 9.17) is 0 Å². The van der Waals surface area contributed by atoms with E-state index in [1.54, 1.807) is 0 Å². The molecule has 0 saturated heterocycles. The van der Waals surface area contributed by atoms with Gasteiger partial charge < -0.3 is 0 Å². The molecule has 0 spiro atoms. The normalized spacial score (nSPS) is 15.1. The van der Waals surface area contributed by atoms with Gasteiger partial charge in [0.25, 0.3) is 0 Å². The fourth-order valence-electron chi connectivity index (χ4n) is 8.01. The first-order chi connectivity index (χ1) is 24.7. The minimum atomic E-state index is 0.0775. The number of amides is 1. The van der Waals surface area contributed by atoms with Crippen molar-refractivity contribution in [1.29, 1.82) is 0 Å². The molecule has 2 atom stereocenters. The van der Waals surface area contributed by atoms with E-state index in [-0.39, 0.29) is 12.1 Å². The van der Waals surface area contributed by atoms with Crippen molar-refractivity contribution in [3.63, 3.8) is 0 Å². The van der Waals surface area contributed by atoms with Crippen LogP contribution in [0, 0.1) is 0 Å². The Kier molecular flexibility index (Phi) is 35.7. The molecule has 0 aromatic carbocycles. The number of nitrogens with zero attached hydrogens (tertiary/aromatic N) is 1. The maximum absolute atomic E-state index is 12.6. The van der Waals surface area contributed by atoms with Gasteiger partial charge in [0.1, 0.15) is 0 Å². The summed E-state index contributed by atoms with van der Waals surface area (Å²) in [5, 5.41) is 6.93. The highest BCUT2D eigenvalue weighted by atomic mass is 16.1. The second-order valence-corrected chi connectivity index (χ2v) is 16.4. The second kappa shape index (κ2) is 37.8. The van der Waals surface area contributed by atoms with E-state index in [0.29, 0.717) is 12.6 Å². The van der Waals surface area contributed by atoms with Gasteiger partial charge >= 0.3 is 0 Å². The zero-order valence-electron chi connectivity index (χ0n) is 34.7. The fraction of sp³-hybridized carbons (Fsp3) is 0.957. The van der Waals surface area contributed by atoms with Gasteiger partial charge in [-0.1, -0.05) is 232 Å². The lowest BCUT2D eigenvalue weighted by atomic mass is 10.0. The molecule has 1 heterocycles. The largest absolute Gasteiger partial charge is 0.299 e. The molecule has 1 aliphatic rings. The molecule has 4 nitrogen and oxygen atoms in total. The van der Waals surface area contributed by atoms with Crippen molar-refractivity contribution in [1.82, 2.24) is 10.6 Å². The molecule has 0 aromatic rings. The molecule has 296 valence electrons. The summed E-state index contributed by atoms with van der Waals surface area (Å²) in [6.45, 7) is 7.67. The van der Waals surface area contributed by atoms with Crippen LogP contribution in [0.15, 0.2) is 0 Å². The van der Waals surface area contributed by atoms with E-state index in [1.165, 1.54) is 231 Å². The molecule has 0 fully saturated rings. The Morgan fingerprint density at radius 2 is 0.820 bits per heavy atom. The van der Waals surface area contributed by atoms with Gasteiger partial charge in [0.15, 0.2) is 6.21 Å². The van der Waals surface area contributed by atoms with Crippen LogP contribution in [0.2, 0.25) is 0 Å². The van der Waals surface area contributed by atoms with Crippen LogP contribution in [-0.2, 0) is 4.79 Å². The van der Waals surface area contributed by atoms with Gasteiger partial charge in [-0.25, -0.2) is 9.89 Å². The molecule has 1 rings (SSSR count). The van der Waals surface area contributed by atoms with Crippen molar-refractivity contribution in [2.75, 3.05) is 6.54 Å². The van der Waals surface area contributed by atoms with Crippen LogP contribution in [-0.4, -0.2) is 35.6 Å². The summed E-state index contributed by atoms with van der Waals surface area (Å²) in [4.78, 5) is 12.6. The van der Waals surface area contributed by atoms with Crippen molar-refractivity contribution < 1.29 is 9.37 Å². The number of rotatable bonds is 40. The van der Waals surface area contributed by atoms with Crippen molar-refractivity contribution in [3.8, 4) is 0 Å².